The van der Waals surface area contributed by atoms with Gasteiger partial charge >= 0.3 is 0 Å². The van der Waals surface area contributed by atoms with Gasteiger partial charge in [-0.25, -0.2) is 0 Å². The second-order valence-corrected chi connectivity index (χ2v) is 6.08. The van der Waals surface area contributed by atoms with E-state index in [1.165, 1.54) is 45.0 Å². The standard InChI is InChI=1S/C20H16N2/c1-3-7-17-13(5-1)9-15-11-20-16(12-19(15)21-17)10-14-6-2-4-8-18(14)22-20/h1-8,11-12,21-22H,9-10H2. The highest BCUT2D eigenvalue weighted by Gasteiger charge is 2.20. The average Bonchev–Trinajstić information content (AvgIpc) is 2.56. The second kappa shape index (κ2) is 4.38. The van der Waals surface area contributed by atoms with Crippen LogP contribution in [0.3, 0.4) is 0 Å². The molecule has 0 radical (unpaired) electrons. The normalized spacial score (nSPS) is 13.8. The zero-order chi connectivity index (χ0) is 14.5. The minimum atomic E-state index is 0.995. The van der Waals surface area contributed by atoms with Crippen molar-refractivity contribution >= 4 is 22.7 Å². The van der Waals surface area contributed by atoms with Gasteiger partial charge in [-0.3, -0.25) is 0 Å². The van der Waals surface area contributed by atoms with Crippen molar-refractivity contribution in [1.29, 1.82) is 0 Å². The molecule has 2 aliphatic rings. The first-order valence-corrected chi connectivity index (χ1v) is 7.72. The summed E-state index contributed by atoms with van der Waals surface area (Å²) in [6, 6.07) is 21.7. The first kappa shape index (κ1) is 11.9. The number of anilines is 4. The number of hydrogen-bond acceptors (Lipinski definition) is 2. The van der Waals surface area contributed by atoms with Gasteiger partial charge in [-0.15, -0.1) is 0 Å². The molecule has 0 amide bonds. The highest BCUT2D eigenvalue weighted by molar-refractivity contribution is 5.79. The lowest BCUT2D eigenvalue weighted by Crippen LogP contribution is -2.11. The minimum absolute atomic E-state index is 0.995. The first-order chi connectivity index (χ1) is 10.9. The third kappa shape index (κ3) is 1.74. The van der Waals surface area contributed by atoms with Crippen molar-refractivity contribution in [3.8, 4) is 0 Å². The van der Waals surface area contributed by atoms with E-state index in [9.17, 15) is 0 Å². The number of hydrogen-bond donors (Lipinski definition) is 2. The number of nitrogens with one attached hydrogen (secondary N) is 2. The van der Waals surface area contributed by atoms with Gasteiger partial charge in [0.2, 0.25) is 0 Å². The molecule has 0 aromatic heterocycles. The van der Waals surface area contributed by atoms with E-state index in [2.05, 4.69) is 71.3 Å². The van der Waals surface area contributed by atoms with Gasteiger partial charge in [0.05, 0.1) is 0 Å². The van der Waals surface area contributed by atoms with Gasteiger partial charge in [0.25, 0.3) is 0 Å². The molecule has 2 nitrogen and oxygen atoms in total. The Labute approximate surface area is 129 Å². The summed E-state index contributed by atoms with van der Waals surface area (Å²) in [5, 5.41) is 7.17. The van der Waals surface area contributed by atoms with Gasteiger partial charge in [-0.05, 0) is 46.5 Å². The highest BCUT2D eigenvalue weighted by Crippen LogP contribution is 2.40. The summed E-state index contributed by atoms with van der Waals surface area (Å²) >= 11 is 0. The minimum Gasteiger partial charge on any atom is -0.355 e. The number of fused-ring (bicyclic) bond motifs is 4. The van der Waals surface area contributed by atoms with Crippen LogP contribution in [0.25, 0.3) is 0 Å². The Kier molecular flexibility index (Phi) is 2.36. The van der Waals surface area contributed by atoms with E-state index in [4.69, 9.17) is 0 Å². The Morgan fingerprint density at radius 2 is 0.955 bits per heavy atom. The number of benzene rings is 3. The SMILES string of the molecule is c1ccc2c(c1)Cc1cc3c(cc1N2)Cc1ccccc1N3. The molecule has 2 N–H and O–H groups in total. The smallest absolute Gasteiger partial charge is 0.0424 e. The van der Waals surface area contributed by atoms with E-state index in [1.54, 1.807) is 0 Å². The lowest BCUT2D eigenvalue weighted by atomic mass is 9.91. The van der Waals surface area contributed by atoms with Gasteiger partial charge in [-0.1, -0.05) is 36.4 Å². The molecule has 2 aliphatic heterocycles. The lowest BCUT2D eigenvalue weighted by molar-refractivity contribution is 1.11. The van der Waals surface area contributed by atoms with E-state index in [1.807, 2.05) is 0 Å². The van der Waals surface area contributed by atoms with Gasteiger partial charge < -0.3 is 10.6 Å². The largest absolute Gasteiger partial charge is 0.355 e. The van der Waals surface area contributed by atoms with Crippen LogP contribution in [0.1, 0.15) is 22.3 Å². The van der Waals surface area contributed by atoms with Crippen molar-refractivity contribution in [3.05, 3.63) is 82.9 Å². The molecule has 0 unspecified atom stereocenters. The van der Waals surface area contributed by atoms with Gasteiger partial charge in [0, 0.05) is 35.6 Å². The molecule has 0 atom stereocenters. The summed E-state index contributed by atoms with van der Waals surface area (Å²) in [5.74, 6) is 0. The third-order valence-corrected chi connectivity index (χ3v) is 4.66. The molecule has 2 heteroatoms. The summed E-state index contributed by atoms with van der Waals surface area (Å²) < 4.78 is 0. The summed E-state index contributed by atoms with van der Waals surface area (Å²) in [6.07, 6.45) is 1.99. The zero-order valence-electron chi connectivity index (χ0n) is 12.2. The van der Waals surface area contributed by atoms with Crippen molar-refractivity contribution in [3.63, 3.8) is 0 Å². The zero-order valence-corrected chi connectivity index (χ0v) is 12.2. The van der Waals surface area contributed by atoms with Crippen LogP contribution in [-0.4, -0.2) is 0 Å². The van der Waals surface area contributed by atoms with E-state index in [-0.39, 0.29) is 0 Å². The van der Waals surface area contributed by atoms with Crippen molar-refractivity contribution in [2.75, 3.05) is 10.6 Å². The van der Waals surface area contributed by atoms with E-state index < -0.39 is 0 Å². The number of rotatable bonds is 0. The van der Waals surface area contributed by atoms with Crippen molar-refractivity contribution in [1.82, 2.24) is 0 Å². The maximum Gasteiger partial charge on any atom is 0.0424 e. The quantitative estimate of drug-likeness (QED) is 0.419. The Hall–Kier alpha value is -2.74. The molecule has 22 heavy (non-hydrogen) atoms. The molecule has 3 aromatic carbocycles. The Bertz CT molecular complexity index is 752. The van der Waals surface area contributed by atoms with Crippen molar-refractivity contribution in [2.24, 2.45) is 0 Å². The van der Waals surface area contributed by atoms with Crippen LogP contribution in [0.5, 0.6) is 0 Å². The van der Waals surface area contributed by atoms with Crippen LogP contribution in [-0.2, 0) is 12.8 Å². The van der Waals surface area contributed by atoms with Gasteiger partial charge in [-0.2, -0.15) is 0 Å². The van der Waals surface area contributed by atoms with Crippen LogP contribution in [0.4, 0.5) is 22.7 Å². The Morgan fingerprint density at radius 1 is 0.500 bits per heavy atom. The summed E-state index contributed by atoms with van der Waals surface area (Å²) in [6.45, 7) is 0. The van der Waals surface area contributed by atoms with Gasteiger partial charge in [0.15, 0.2) is 0 Å². The van der Waals surface area contributed by atoms with Crippen LogP contribution in [0.2, 0.25) is 0 Å². The molecule has 0 bridgehead atoms. The molecular formula is C20H16N2. The lowest BCUT2D eigenvalue weighted by Gasteiger charge is -2.27. The van der Waals surface area contributed by atoms with Crippen LogP contribution >= 0.6 is 0 Å². The molecular weight excluding hydrogens is 268 g/mol. The number of para-hydroxylation sites is 2. The molecule has 0 saturated heterocycles. The summed E-state index contributed by atoms with van der Waals surface area (Å²) in [7, 11) is 0. The second-order valence-electron chi connectivity index (χ2n) is 6.08. The predicted octanol–water partition coefficient (Wildman–Crippen LogP) is 4.98. The molecule has 5 rings (SSSR count). The maximum absolute atomic E-state index is 3.59. The van der Waals surface area contributed by atoms with Crippen LogP contribution < -0.4 is 10.6 Å². The fourth-order valence-corrected chi connectivity index (χ4v) is 3.51. The molecule has 2 heterocycles. The van der Waals surface area contributed by atoms with Gasteiger partial charge in [0.1, 0.15) is 0 Å². The van der Waals surface area contributed by atoms with E-state index in [0.29, 0.717) is 0 Å². The molecule has 0 spiro atoms. The molecule has 0 saturated carbocycles. The highest BCUT2D eigenvalue weighted by atomic mass is 14.9. The third-order valence-electron chi connectivity index (χ3n) is 4.66. The monoisotopic (exact) mass is 284 g/mol. The average molecular weight is 284 g/mol. The summed E-state index contributed by atoms with van der Waals surface area (Å²) in [5.41, 5.74) is 10.4. The van der Waals surface area contributed by atoms with Crippen molar-refractivity contribution in [2.45, 2.75) is 12.8 Å². The molecule has 3 aromatic rings. The molecule has 106 valence electrons. The maximum atomic E-state index is 3.59. The molecule has 0 aliphatic carbocycles. The summed E-state index contributed by atoms with van der Waals surface area (Å²) in [4.78, 5) is 0. The Morgan fingerprint density at radius 3 is 1.45 bits per heavy atom. The van der Waals surface area contributed by atoms with E-state index >= 15 is 0 Å². The predicted molar refractivity (Wildman–Crippen MR) is 91.5 cm³/mol. The topological polar surface area (TPSA) is 24.1 Å². The fraction of sp³-hybridized carbons (Fsp3) is 0.100. The van der Waals surface area contributed by atoms with Crippen LogP contribution in [0, 0.1) is 0 Å². The molecule has 0 fully saturated rings. The van der Waals surface area contributed by atoms with Crippen LogP contribution in [0.15, 0.2) is 60.7 Å². The fourth-order valence-electron chi connectivity index (χ4n) is 3.51. The van der Waals surface area contributed by atoms with E-state index in [0.717, 1.165) is 12.8 Å². The van der Waals surface area contributed by atoms with Crippen molar-refractivity contribution < 1.29 is 0 Å². The first-order valence-electron chi connectivity index (χ1n) is 7.72. The Balaban J connectivity index is 1.60.